The van der Waals surface area contributed by atoms with E-state index in [1.807, 2.05) is 0 Å². The molecule has 60 valence electrons. The normalized spacial score (nSPS) is 15.8. The van der Waals surface area contributed by atoms with E-state index in [4.69, 9.17) is 0 Å². The molecule has 0 radical (unpaired) electrons. The topological polar surface area (TPSA) is 46.5 Å². The summed E-state index contributed by atoms with van der Waals surface area (Å²) in [5.41, 5.74) is 0. The van der Waals surface area contributed by atoms with Gasteiger partial charge in [-0.2, -0.15) is 0 Å². The quantitative estimate of drug-likeness (QED) is 0.640. The van der Waals surface area contributed by atoms with Crippen molar-refractivity contribution in [1.82, 2.24) is 0 Å². The Balaban J connectivity index is 3.03. The zero-order chi connectivity index (χ0) is 8.32. The van der Waals surface area contributed by atoms with Gasteiger partial charge in [0, 0.05) is 0 Å². The van der Waals surface area contributed by atoms with Crippen molar-refractivity contribution in [2.24, 2.45) is 0 Å². The molecular weight excluding hydrogens is 322 g/mol. The first-order valence-corrected chi connectivity index (χ1v) is 7.04. The summed E-state index contributed by atoms with van der Waals surface area (Å²) in [4.78, 5) is 0. The van der Waals surface area contributed by atoms with Crippen LogP contribution in [0.25, 0.3) is 0 Å². The Morgan fingerprint density at radius 3 is 2.36 bits per heavy atom. The van der Waals surface area contributed by atoms with Crippen LogP contribution in [0.1, 0.15) is 0 Å². The third-order valence-corrected chi connectivity index (χ3v) is 6.34. The second kappa shape index (κ2) is 3.76. The average molecular weight is 328 g/mol. The molecule has 0 aliphatic carbocycles. The monoisotopic (exact) mass is 328 g/mol. The molecule has 0 aliphatic heterocycles. The van der Waals surface area contributed by atoms with E-state index in [9.17, 15) is 7.84 Å². The average Bonchev–Trinajstić information content (AvgIpc) is 2.06. The van der Waals surface area contributed by atoms with Crippen LogP contribution in [0, 0.1) is 0 Å². The van der Waals surface area contributed by atoms with Gasteiger partial charge in [0.05, 0.1) is 0 Å². The van der Waals surface area contributed by atoms with Gasteiger partial charge < -0.3 is 0 Å². The Bertz CT molecular complexity index is 274. The summed E-state index contributed by atoms with van der Waals surface area (Å²) < 4.78 is 25.2. The molecule has 0 saturated heterocycles. The van der Waals surface area contributed by atoms with E-state index in [-0.39, 0.29) is 0 Å². The number of rotatable bonds is 2. The van der Waals surface area contributed by atoms with Gasteiger partial charge in [-0.15, -0.1) is 0 Å². The predicted molar refractivity (Wildman–Crippen MR) is 49.8 cm³/mol. The summed E-state index contributed by atoms with van der Waals surface area (Å²) in [6, 6.07) is 8.36. The molecule has 1 rings (SSSR count). The molecule has 1 aromatic carbocycles. The summed E-state index contributed by atoms with van der Waals surface area (Å²) in [6.07, 6.45) is 0. The fraction of sp³-hybridized carbons (Fsp3) is 0. The molecule has 0 aliphatic rings. The van der Waals surface area contributed by atoms with Gasteiger partial charge in [-0.25, -0.2) is 0 Å². The molecule has 0 aromatic heterocycles. The van der Waals surface area contributed by atoms with Gasteiger partial charge >= 0.3 is 81.8 Å². The Labute approximate surface area is 81.4 Å². The van der Waals surface area contributed by atoms with Crippen LogP contribution in [0.15, 0.2) is 30.3 Å². The van der Waals surface area contributed by atoms with Crippen LogP contribution in [-0.4, -0.2) is 18.3 Å². The zero-order valence-electron chi connectivity index (χ0n) is 5.48. The molecule has 1 N–H and O–H groups in total. The molecule has 0 fully saturated rings. The van der Waals surface area contributed by atoms with Crippen molar-refractivity contribution in [3.63, 3.8) is 0 Å². The fourth-order valence-corrected chi connectivity index (χ4v) is 3.16. The maximum absolute atomic E-state index is 11.2. The van der Waals surface area contributed by atoms with Gasteiger partial charge in [-0.3, -0.25) is 0 Å². The van der Waals surface area contributed by atoms with Crippen LogP contribution in [0.2, 0.25) is 0 Å². The van der Waals surface area contributed by atoms with Crippen molar-refractivity contribution in [2.75, 3.05) is 0 Å². The zero-order valence-corrected chi connectivity index (χ0v) is 9.51. The van der Waals surface area contributed by atoms with Crippen molar-refractivity contribution in [2.45, 2.75) is 0 Å². The summed E-state index contributed by atoms with van der Waals surface area (Å²) in [6.45, 7) is 0. The summed E-state index contributed by atoms with van der Waals surface area (Å²) in [5.74, 6) is 0. The van der Waals surface area contributed by atoms with Crippen molar-refractivity contribution >= 4 is 41.5 Å². The summed E-state index contributed by atoms with van der Waals surface area (Å²) in [7, 11) is 0. The Kier molecular flexibility index (Phi) is 3.18. The van der Waals surface area contributed by atoms with Crippen LogP contribution >= 0.6 is 23.0 Å². The van der Waals surface area contributed by atoms with Crippen molar-refractivity contribution in [1.29, 1.82) is 0 Å². The number of hydrogen-bond acceptors (Lipinski definition) is 2. The molecule has 0 heterocycles. The third-order valence-electron chi connectivity index (χ3n) is 1.18. The SMILES string of the molecule is O=[As](O)(OI)c1ccccc1. The van der Waals surface area contributed by atoms with Crippen LogP contribution in [0.3, 0.4) is 0 Å². The van der Waals surface area contributed by atoms with Crippen molar-refractivity contribution < 1.29 is 9.89 Å². The number of hydrogen-bond donors (Lipinski definition) is 1. The number of halogens is 1. The van der Waals surface area contributed by atoms with E-state index in [0.29, 0.717) is 4.35 Å². The van der Waals surface area contributed by atoms with E-state index in [1.54, 1.807) is 30.3 Å². The first-order chi connectivity index (χ1) is 5.17. The van der Waals surface area contributed by atoms with Crippen LogP contribution in [-0.2, 0) is 5.79 Å². The molecule has 0 amide bonds. The molecule has 1 aromatic rings. The van der Waals surface area contributed by atoms with E-state index in [2.05, 4.69) is 2.06 Å². The maximum atomic E-state index is 11.2. The summed E-state index contributed by atoms with van der Waals surface area (Å²) in [5, 5.41) is 0. The molecule has 0 spiro atoms. The molecule has 0 saturated carbocycles. The molecule has 5 heteroatoms. The summed E-state index contributed by atoms with van der Waals surface area (Å²) >= 11 is -2.70. The minimum absolute atomic E-state index is 0.375. The van der Waals surface area contributed by atoms with E-state index < -0.39 is 14.2 Å². The van der Waals surface area contributed by atoms with Crippen LogP contribution in [0.4, 0.5) is 0 Å². The van der Waals surface area contributed by atoms with Gasteiger partial charge in [0.15, 0.2) is 0 Å². The fourth-order valence-electron chi connectivity index (χ4n) is 0.656. The van der Waals surface area contributed by atoms with E-state index >= 15 is 0 Å². The standard InChI is InChI=1S/C6H6AsIO3/c8-11-7(9,10)6-4-2-1-3-5-6/h1-5H,(H,9,10). The van der Waals surface area contributed by atoms with Gasteiger partial charge in [-0.05, 0) is 0 Å². The van der Waals surface area contributed by atoms with Crippen molar-refractivity contribution in [3.05, 3.63) is 30.3 Å². The molecule has 0 bridgehead atoms. The van der Waals surface area contributed by atoms with Gasteiger partial charge in [-0.1, -0.05) is 0 Å². The van der Waals surface area contributed by atoms with E-state index in [1.165, 1.54) is 23.0 Å². The minimum atomic E-state index is -4.15. The Morgan fingerprint density at radius 2 is 1.91 bits per heavy atom. The third kappa shape index (κ3) is 2.33. The Morgan fingerprint density at radius 1 is 1.36 bits per heavy atom. The molecule has 11 heavy (non-hydrogen) atoms. The van der Waals surface area contributed by atoms with Crippen molar-refractivity contribution in [3.8, 4) is 0 Å². The van der Waals surface area contributed by atoms with E-state index in [0.717, 1.165) is 0 Å². The molecule has 1 atom stereocenters. The van der Waals surface area contributed by atoms with Crippen LogP contribution < -0.4 is 4.35 Å². The second-order valence-electron chi connectivity index (χ2n) is 1.92. The van der Waals surface area contributed by atoms with Gasteiger partial charge in [0.1, 0.15) is 0 Å². The first kappa shape index (κ1) is 9.32. The number of benzene rings is 1. The second-order valence-corrected chi connectivity index (χ2v) is 7.53. The predicted octanol–water partition coefficient (Wildman–Crippen LogP) is 0.622. The Hall–Kier alpha value is 0.228. The van der Waals surface area contributed by atoms with Crippen LogP contribution in [0.5, 0.6) is 0 Å². The molecular formula is C6H6AsIO3. The molecule has 1 unspecified atom stereocenters. The first-order valence-electron chi connectivity index (χ1n) is 2.85. The van der Waals surface area contributed by atoms with Gasteiger partial charge in [0.25, 0.3) is 0 Å². The molecule has 3 nitrogen and oxygen atoms in total. The van der Waals surface area contributed by atoms with Gasteiger partial charge in [0.2, 0.25) is 0 Å².